The van der Waals surface area contributed by atoms with Crippen LogP contribution in [0.1, 0.15) is 19.4 Å². The second-order valence-corrected chi connectivity index (χ2v) is 4.54. The molecule has 3 heteroatoms. The maximum absolute atomic E-state index is 6.13. The van der Waals surface area contributed by atoms with Gasteiger partial charge in [-0.05, 0) is 24.6 Å². The van der Waals surface area contributed by atoms with Crippen molar-refractivity contribution in [2.24, 2.45) is 0 Å². The monoisotopic (exact) mass is 226 g/mol. The van der Waals surface area contributed by atoms with E-state index in [4.69, 9.17) is 21.1 Å². The Labute approximate surface area is 95.1 Å². The lowest BCUT2D eigenvalue weighted by Crippen LogP contribution is -2.43. The maximum Gasteiger partial charge on any atom is 0.137 e. The Bertz CT molecular complexity index is 359. The molecule has 82 valence electrons. The highest BCUT2D eigenvalue weighted by Crippen LogP contribution is 2.35. The molecule has 0 spiro atoms. The molecule has 1 aliphatic rings. The van der Waals surface area contributed by atoms with Crippen LogP contribution in [-0.2, 0) is 10.2 Å². The Morgan fingerprint density at radius 1 is 1.47 bits per heavy atom. The third kappa shape index (κ3) is 1.97. The molecule has 1 fully saturated rings. The molecule has 0 atom stereocenters. The predicted octanol–water partition coefficient (Wildman–Crippen LogP) is 3.03. The van der Waals surface area contributed by atoms with Crippen LogP contribution in [0.5, 0.6) is 5.75 Å². The van der Waals surface area contributed by atoms with Gasteiger partial charge in [-0.1, -0.05) is 24.6 Å². The molecule has 0 aliphatic carbocycles. The Morgan fingerprint density at radius 2 is 2.20 bits per heavy atom. The zero-order valence-electron chi connectivity index (χ0n) is 9.05. The van der Waals surface area contributed by atoms with Crippen molar-refractivity contribution in [3.8, 4) is 5.75 Å². The van der Waals surface area contributed by atoms with Crippen molar-refractivity contribution in [1.29, 1.82) is 0 Å². The van der Waals surface area contributed by atoms with E-state index >= 15 is 0 Å². The van der Waals surface area contributed by atoms with Crippen molar-refractivity contribution in [2.75, 3.05) is 19.8 Å². The summed E-state index contributed by atoms with van der Waals surface area (Å²) in [7, 11) is 0. The van der Waals surface area contributed by atoms with Gasteiger partial charge in [-0.2, -0.15) is 0 Å². The van der Waals surface area contributed by atoms with Crippen molar-refractivity contribution in [1.82, 2.24) is 0 Å². The third-order valence-electron chi connectivity index (χ3n) is 2.77. The molecule has 2 rings (SSSR count). The summed E-state index contributed by atoms with van der Waals surface area (Å²) >= 11 is 6.13. The van der Waals surface area contributed by atoms with Gasteiger partial charge in [0.25, 0.3) is 0 Å². The van der Waals surface area contributed by atoms with Crippen LogP contribution < -0.4 is 4.74 Å². The van der Waals surface area contributed by atoms with Crippen LogP contribution in [0, 0.1) is 0 Å². The lowest BCUT2D eigenvalue weighted by molar-refractivity contribution is -0.0500. The van der Waals surface area contributed by atoms with E-state index in [1.807, 2.05) is 19.1 Å². The molecule has 1 saturated heterocycles. The molecule has 0 N–H and O–H groups in total. The van der Waals surface area contributed by atoms with Gasteiger partial charge in [0.05, 0.1) is 24.8 Å². The highest BCUT2D eigenvalue weighted by atomic mass is 35.5. The van der Waals surface area contributed by atoms with E-state index in [2.05, 4.69) is 13.0 Å². The van der Waals surface area contributed by atoms with E-state index in [1.165, 1.54) is 5.56 Å². The summed E-state index contributed by atoms with van der Waals surface area (Å²) in [6, 6.07) is 5.99. The van der Waals surface area contributed by atoms with Gasteiger partial charge in [-0.25, -0.2) is 0 Å². The minimum Gasteiger partial charge on any atom is -0.492 e. The largest absolute Gasteiger partial charge is 0.492 e. The van der Waals surface area contributed by atoms with Crippen LogP contribution in [0.4, 0.5) is 0 Å². The van der Waals surface area contributed by atoms with Crippen LogP contribution in [0.2, 0.25) is 5.02 Å². The zero-order valence-corrected chi connectivity index (χ0v) is 9.80. The summed E-state index contributed by atoms with van der Waals surface area (Å²) in [5.41, 5.74) is 1.36. The molecule has 2 nitrogen and oxygen atoms in total. The third-order valence-corrected chi connectivity index (χ3v) is 3.07. The van der Waals surface area contributed by atoms with Gasteiger partial charge in [0.2, 0.25) is 0 Å². The number of halogens is 1. The SMILES string of the molecule is CCOc1ccc(C2(C)COC2)cc1Cl. The summed E-state index contributed by atoms with van der Waals surface area (Å²) in [6.45, 7) is 6.32. The van der Waals surface area contributed by atoms with E-state index in [9.17, 15) is 0 Å². The summed E-state index contributed by atoms with van der Waals surface area (Å²) in [6.07, 6.45) is 0. The first kappa shape index (κ1) is 10.8. The molecule has 0 radical (unpaired) electrons. The molecule has 15 heavy (non-hydrogen) atoms. The predicted molar refractivity (Wildman–Crippen MR) is 60.8 cm³/mol. The summed E-state index contributed by atoms with van der Waals surface area (Å²) in [5, 5.41) is 0.683. The molecular weight excluding hydrogens is 212 g/mol. The zero-order chi connectivity index (χ0) is 10.9. The Hall–Kier alpha value is -0.730. The first-order chi connectivity index (χ1) is 7.15. The van der Waals surface area contributed by atoms with Gasteiger partial charge in [-0.3, -0.25) is 0 Å². The summed E-state index contributed by atoms with van der Waals surface area (Å²) < 4.78 is 10.6. The minimum absolute atomic E-state index is 0.133. The second kappa shape index (κ2) is 4.03. The van der Waals surface area contributed by atoms with Gasteiger partial charge in [0.15, 0.2) is 0 Å². The normalized spacial score (nSPS) is 18.3. The number of rotatable bonds is 3. The van der Waals surface area contributed by atoms with Gasteiger partial charge < -0.3 is 9.47 Å². The number of benzene rings is 1. The standard InChI is InChI=1S/C12H15ClO2/c1-3-15-11-5-4-9(6-10(11)13)12(2)7-14-8-12/h4-6H,3,7-8H2,1-2H3. The van der Waals surface area contributed by atoms with Crippen molar-refractivity contribution in [3.05, 3.63) is 28.8 Å². The van der Waals surface area contributed by atoms with E-state index < -0.39 is 0 Å². The molecule has 0 aromatic heterocycles. The smallest absolute Gasteiger partial charge is 0.137 e. The average Bonchev–Trinajstić information content (AvgIpc) is 2.18. The molecule has 0 bridgehead atoms. The first-order valence-electron chi connectivity index (χ1n) is 5.16. The van der Waals surface area contributed by atoms with Crippen LogP contribution in [0.25, 0.3) is 0 Å². The van der Waals surface area contributed by atoms with Gasteiger partial charge >= 0.3 is 0 Å². The average molecular weight is 227 g/mol. The van der Waals surface area contributed by atoms with Gasteiger partial charge in [0.1, 0.15) is 5.75 Å². The lowest BCUT2D eigenvalue weighted by atomic mass is 9.81. The first-order valence-corrected chi connectivity index (χ1v) is 5.54. The van der Waals surface area contributed by atoms with E-state index in [0.717, 1.165) is 19.0 Å². The topological polar surface area (TPSA) is 18.5 Å². The maximum atomic E-state index is 6.13. The van der Waals surface area contributed by atoms with Gasteiger partial charge in [0, 0.05) is 5.41 Å². The van der Waals surface area contributed by atoms with E-state index in [-0.39, 0.29) is 5.41 Å². The van der Waals surface area contributed by atoms with E-state index in [1.54, 1.807) is 0 Å². The van der Waals surface area contributed by atoms with Crippen molar-refractivity contribution < 1.29 is 9.47 Å². The van der Waals surface area contributed by atoms with Gasteiger partial charge in [-0.15, -0.1) is 0 Å². The van der Waals surface area contributed by atoms with Crippen LogP contribution >= 0.6 is 11.6 Å². The van der Waals surface area contributed by atoms with Crippen LogP contribution in [0.3, 0.4) is 0 Å². The molecule has 1 aliphatic heterocycles. The fourth-order valence-corrected chi connectivity index (χ4v) is 1.96. The second-order valence-electron chi connectivity index (χ2n) is 4.13. The molecule has 1 aromatic rings. The Kier molecular flexibility index (Phi) is 2.89. The Balaban J connectivity index is 2.25. The summed E-state index contributed by atoms with van der Waals surface area (Å²) in [5.74, 6) is 0.756. The fourth-order valence-electron chi connectivity index (χ4n) is 1.72. The highest BCUT2D eigenvalue weighted by Gasteiger charge is 2.35. The molecule has 0 saturated carbocycles. The van der Waals surface area contributed by atoms with Crippen molar-refractivity contribution in [3.63, 3.8) is 0 Å². The van der Waals surface area contributed by atoms with Crippen molar-refractivity contribution >= 4 is 11.6 Å². The lowest BCUT2D eigenvalue weighted by Gasteiger charge is -2.38. The molecule has 1 heterocycles. The van der Waals surface area contributed by atoms with Crippen LogP contribution in [0.15, 0.2) is 18.2 Å². The molecule has 1 aromatic carbocycles. The number of ether oxygens (including phenoxy) is 2. The number of hydrogen-bond donors (Lipinski definition) is 0. The quantitative estimate of drug-likeness (QED) is 0.789. The molecule has 0 amide bonds. The Morgan fingerprint density at radius 3 is 2.67 bits per heavy atom. The summed E-state index contributed by atoms with van der Waals surface area (Å²) in [4.78, 5) is 0. The fraction of sp³-hybridized carbons (Fsp3) is 0.500. The number of hydrogen-bond acceptors (Lipinski definition) is 2. The van der Waals surface area contributed by atoms with Crippen LogP contribution in [-0.4, -0.2) is 19.8 Å². The minimum atomic E-state index is 0.133. The molecule has 0 unspecified atom stereocenters. The van der Waals surface area contributed by atoms with Crippen molar-refractivity contribution in [2.45, 2.75) is 19.3 Å². The van der Waals surface area contributed by atoms with E-state index in [0.29, 0.717) is 11.6 Å². The molecular formula is C12H15ClO2. The highest BCUT2D eigenvalue weighted by molar-refractivity contribution is 6.32.